The van der Waals surface area contributed by atoms with Crippen LogP contribution in [0.15, 0.2) is 28.7 Å². The standard InChI is InChI=1S/C12H15BrN2O/c1-9-8-14-6-7-15(9)12(16)10-4-2-3-5-11(10)13/h2-5,9,14H,6-8H2,1H3/t9-/m1/s1. The van der Waals surface area contributed by atoms with Crippen LogP contribution in [0.1, 0.15) is 17.3 Å². The second-order valence-corrected chi connectivity index (χ2v) is 4.89. The van der Waals surface area contributed by atoms with Crippen LogP contribution in [0, 0.1) is 0 Å². The molecule has 1 aliphatic rings. The third-order valence-electron chi connectivity index (χ3n) is 2.87. The molecule has 1 amide bonds. The zero-order chi connectivity index (χ0) is 11.5. The summed E-state index contributed by atoms with van der Waals surface area (Å²) in [6.45, 7) is 4.60. The van der Waals surface area contributed by atoms with Crippen molar-refractivity contribution in [2.75, 3.05) is 19.6 Å². The molecule has 1 N–H and O–H groups in total. The molecule has 1 saturated heterocycles. The molecule has 86 valence electrons. The van der Waals surface area contributed by atoms with E-state index in [1.165, 1.54) is 0 Å². The lowest BCUT2D eigenvalue weighted by molar-refractivity contribution is 0.0655. The molecule has 0 spiro atoms. The van der Waals surface area contributed by atoms with Crippen molar-refractivity contribution in [3.05, 3.63) is 34.3 Å². The Morgan fingerprint density at radius 2 is 2.25 bits per heavy atom. The second kappa shape index (κ2) is 4.97. The molecule has 3 nitrogen and oxygen atoms in total. The van der Waals surface area contributed by atoms with Crippen molar-refractivity contribution in [1.82, 2.24) is 10.2 Å². The third-order valence-corrected chi connectivity index (χ3v) is 3.56. The molecule has 0 unspecified atom stereocenters. The third kappa shape index (κ3) is 2.28. The predicted molar refractivity (Wildman–Crippen MR) is 67.5 cm³/mol. The van der Waals surface area contributed by atoms with Crippen LogP contribution in [0.5, 0.6) is 0 Å². The highest BCUT2D eigenvalue weighted by Crippen LogP contribution is 2.19. The Morgan fingerprint density at radius 3 is 2.94 bits per heavy atom. The lowest BCUT2D eigenvalue weighted by Gasteiger charge is -2.34. The zero-order valence-corrected chi connectivity index (χ0v) is 10.8. The van der Waals surface area contributed by atoms with E-state index in [1.807, 2.05) is 29.2 Å². The highest BCUT2D eigenvalue weighted by Gasteiger charge is 2.24. The smallest absolute Gasteiger partial charge is 0.255 e. The van der Waals surface area contributed by atoms with Crippen molar-refractivity contribution < 1.29 is 4.79 Å². The topological polar surface area (TPSA) is 32.3 Å². The number of carbonyl (C=O) groups excluding carboxylic acids is 1. The van der Waals surface area contributed by atoms with Gasteiger partial charge in [-0.2, -0.15) is 0 Å². The molecule has 1 aromatic rings. The Bertz CT molecular complexity index is 394. The fraction of sp³-hybridized carbons (Fsp3) is 0.417. The van der Waals surface area contributed by atoms with Gasteiger partial charge in [-0.15, -0.1) is 0 Å². The molecule has 16 heavy (non-hydrogen) atoms. The molecule has 0 aromatic heterocycles. The van der Waals surface area contributed by atoms with Gasteiger partial charge in [0, 0.05) is 30.1 Å². The largest absolute Gasteiger partial charge is 0.333 e. The van der Waals surface area contributed by atoms with E-state index in [1.54, 1.807) is 0 Å². The van der Waals surface area contributed by atoms with Gasteiger partial charge < -0.3 is 10.2 Å². The fourth-order valence-corrected chi connectivity index (χ4v) is 2.39. The first-order chi connectivity index (χ1) is 7.70. The van der Waals surface area contributed by atoms with Crippen LogP contribution in [0.3, 0.4) is 0 Å². The monoisotopic (exact) mass is 282 g/mol. The summed E-state index contributed by atoms with van der Waals surface area (Å²) in [5, 5.41) is 3.28. The fourth-order valence-electron chi connectivity index (χ4n) is 1.93. The van der Waals surface area contributed by atoms with Crippen molar-refractivity contribution in [3.63, 3.8) is 0 Å². The molecule has 0 saturated carbocycles. The highest BCUT2D eigenvalue weighted by molar-refractivity contribution is 9.10. The molecule has 1 fully saturated rings. The SMILES string of the molecule is C[C@@H]1CNCCN1C(=O)c1ccccc1Br. The maximum absolute atomic E-state index is 12.3. The minimum atomic E-state index is 0.112. The second-order valence-electron chi connectivity index (χ2n) is 4.03. The molecule has 0 radical (unpaired) electrons. The number of benzene rings is 1. The lowest BCUT2D eigenvalue weighted by atomic mass is 10.1. The normalized spacial score (nSPS) is 20.9. The van der Waals surface area contributed by atoms with Gasteiger partial charge in [0.2, 0.25) is 0 Å². The minimum absolute atomic E-state index is 0.112. The molecule has 4 heteroatoms. The van der Waals surface area contributed by atoms with Crippen LogP contribution in [0.2, 0.25) is 0 Å². The predicted octanol–water partition coefficient (Wildman–Crippen LogP) is 1.88. The van der Waals surface area contributed by atoms with Gasteiger partial charge in [-0.05, 0) is 35.0 Å². The molecule has 1 aromatic carbocycles. The average molecular weight is 283 g/mol. The summed E-state index contributed by atoms with van der Waals surface area (Å²) in [5.41, 5.74) is 0.747. The maximum Gasteiger partial charge on any atom is 0.255 e. The van der Waals surface area contributed by atoms with E-state index < -0.39 is 0 Å². The molecular formula is C12H15BrN2O. The van der Waals surface area contributed by atoms with Crippen LogP contribution in [0.25, 0.3) is 0 Å². The van der Waals surface area contributed by atoms with Gasteiger partial charge in [0.15, 0.2) is 0 Å². The summed E-state index contributed by atoms with van der Waals surface area (Å²) in [6.07, 6.45) is 0. The van der Waals surface area contributed by atoms with Crippen molar-refractivity contribution >= 4 is 21.8 Å². The maximum atomic E-state index is 12.3. The first-order valence-corrected chi connectivity index (χ1v) is 6.25. The molecule has 2 rings (SSSR count). The molecule has 0 aliphatic carbocycles. The quantitative estimate of drug-likeness (QED) is 0.853. The van der Waals surface area contributed by atoms with Crippen LogP contribution < -0.4 is 5.32 Å². The van der Waals surface area contributed by atoms with E-state index in [0.717, 1.165) is 29.7 Å². The molecule has 0 bridgehead atoms. The minimum Gasteiger partial charge on any atom is -0.333 e. The van der Waals surface area contributed by atoms with Crippen molar-refractivity contribution in [1.29, 1.82) is 0 Å². The van der Waals surface area contributed by atoms with Crippen LogP contribution in [0.4, 0.5) is 0 Å². The number of hydrogen-bond acceptors (Lipinski definition) is 2. The van der Waals surface area contributed by atoms with Gasteiger partial charge >= 0.3 is 0 Å². The molecule has 1 aliphatic heterocycles. The first kappa shape index (κ1) is 11.6. The number of rotatable bonds is 1. The lowest BCUT2D eigenvalue weighted by Crippen LogP contribution is -2.52. The summed E-state index contributed by atoms with van der Waals surface area (Å²) in [6, 6.07) is 7.84. The van der Waals surface area contributed by atoms with Crippen LogP contribution >= 0.6 is 15.9 Å². The Hall–Kier alpha value is -0.870. The van der Waals surface area contributed by atoms with Gasteiger partial charge in [0.25, 0.3) is 5.91 Å². The van der Waals surface area contributed by atoms with E-state index in [2.05, 4.69) is 28.2 Å². The number of carbonyl (C=O) groups is 1. The molecule has 1 atom stereocenters. The number of nitrogens with zero attached hydrogens (tertiary/aromatic N) is 1. The summed E-state index contributed by atoms with van der Waals surface area (Å²) in [5.74, 6) is 0.112. The Kier molecular flexibility index (Phi) is 3.61. The Balaban J connectivity index is 2.21. The van der Waals surface area contributed by atoms with Crippen molar-refractivity contribution in [2.45, 2.75) is 13.0 Å². The van der Waals surface area contributed by atoms with Crippen molar-refractivity contribution in [2.24, 2.45) is 0 Å². The van der Waals surface area contributed by atoms with E-state index in [4.69, 9.17) is 0 Å². The van der Waals surface area contributed by atoms with E-state index in [-0.39, 0.29) is 11.9 Å². The van der Waals surface area contributed by atoms with Gasteiger partial charge in [-0.25, -0.2) is 0 Å². The number of halogens is 1. The summed E-state index contributed by atoms with van der Waals surface area (Å²) < 4.78 is 0.866. The highest BCUT2D eigenvalue weighted by atomic mass is 79.9. The van der Waals surface area contributed by atoms with Gasteiger partial charge in [0.05, 0.1) is 5.56 Å². The van der Waals surface area contributed by atoms with Gasteiger partial charge in [-0.1, -0.05) is 12.1 Å². The van der Waals surface area contributed by atoms with Crippen LogP contribution in [-0.4, -0.2) is 36.5 Å². The zero-order valence-electron chi connectivity index (χ0n) is 9.24. The average Bonchev–Trinajstić information content (AvgIpc) is 2.29. The summed E-state index contributed by atoms with van der Waals surface area (Å²) in [7, 11) is 0. The Morgan fingerprint density at radius 1 is 1.50 bits per heavy atom. The van der Waals surface area contributed by atoms with Gasteiger partial charge in [-0.3, -0.25) is 4.79 Å². The first-order valence-electron chi connectivity index (χ1n) is 5.46. The van der Waals surface area contributed by atoms with Crippen molar-refractivity contribution in [3.8, 4) is 0 Å². The summed E-state index contributed by atoms with van der Waals surface area (Å²) in [4.78, 5) is 14.2. The number of hydrogen-bond donors (Lipinski definition) is 1. The van der Waals surface area contributed by atoms with E-state index >= 15 is 0 Å². The number of amides is 1. The number of piperazine rings is 1. The molecule has 1 heterocycles. The van der Waals surface area contributed by atoms with E-state index in [9.17, 15) is 4.79 Å². The van der Waals surface area contributed by atoms with E-state index in [0.29, 0.717) is 0 Å². The summed E-state index contributed by atoms with van der Waals surface area (Å²) >= 11 is 3.42. The Labute approximate surface area is 104 Å². The molecular weight excluding hydrogens is 268 g/mol. The van der Waals surface area contributed by atoms with Gasteiger partial charge in [0.1, 0.15) is 0 Å². The number of nitrogens with one attached hydrogen (secondary N) is 1. The van der Waals surface area contributed by atoms with Crippen LogP contribution in [-0.2, 0) is 0 Å².